The lowest BCUT2D eigenvalue weighted by atomic mass is 10.2. The highest BCUT2D eigenvalue weighted by Gasteiger charge is 2.20. The van der Waals surface area contributed by atoms with Crippen LogP contribution in [0.25, 0.3) is 0 Å². The summed E-state index contributed by atoms with van der Waals surface area (Å²) >= 11 is 1.62. The highest BCUT2D eigenvalue weighted by Crippen LogP contribution is 2.20. The zero-order valence-electron chi connectivity index (χ0n) is 11.8. The Bertz CT molecular complexity index is 709. The fraction of sp³-hybridized carbons (Fsp3) is 0.333. The van der Waals surface area contributed by atoms with E-state index in [1.54, 1.807) is 23.5 Å². The Kier molecular flexibility index (Phi) is 3.90. The second kappa shape index (κ2) is 5.83. The van der Waals surface area contributed by atoms with Gasteiger partial charge in [-0.3, -0.25) is 4.79 Å². The minimum absolute atomic E-state index is 0.361. The predicted molar refractivity (Wildman–Crippen MR) is 81.7 cm³/mol. The van der Waals surface area contributed by atoms with E-state index in [1.807, 2.05) is 12.1 Å². The van der Waals surface area contributed by atoms with Gasteiger partial charge in [0.2, 0.25) is 5.91 Å². The number of amides is 1. The van der Waals surface area contributed by atoms with Crippen LogP contribution in [-0.4, -0.2) is 23.7 Å². The molecule has 1 aromatic heterocycles. The number of nitrogens with two attached hydrogens (primary N) is 1. The summed E-state index contributed by atoms with van der Waals surface area (Å²) in [4.78, 5) is 16.7. The first-order valence-corrected chi connectivity index (χ1v) is 7.72. The summed E-state index contributed by atoms with van der Waals surface area (Å²) < 4.78 is 7.71. The molecule has 6 heteroatoms. The molecule has 1 amide bonds. The number of primary amides is 1. The first kappa shape index (κ1) is 14.0. The number of carbonyl (C=O) groups is 1. The Hall–Kier alpha value is -1.92. The number of ether oxygens (including phenoxy) is 1. The maximum atomic E-state index is 11.1. The van der Waals surface area contributed by atoms with Crippen LogP contribution >= 0.6 is 11.3 Å². The van der Waals surface area contributed by atoms with Gasteiger partial charge in [-0.1, -0.05) is 0 Å². The molecule has 110 valence electrons. The molecule has 1 atom stereocenters. The van der Waals surface area contributed by atoms with Crippen molar-refractivity contribution in [2.45, 2.75) is 19.4 Å². The Morgan fingerprint density at radius 3 is 2.81 bits per heavy atom. The molecule has 21 heavy (non-hydrogen) atoms. The molecule has 5 nitrogen and oxygen atoms in total. The van der Waals surface area contributed by atoms with E-state index in [1.165, 1.54) is 5.69 Å². The van der Waals surface area contributed by atoms with Crippen molar-refractivity contribution < 1.29 is 9.53 Å². The molecule has 1 fully saturated rings. The zero-order valence-corrected chi connectivity index (χ0v) is 12.6. The second-order valence-electron chi connectivity index (χ2n) is 5.07. The standard InChI is InChI=1S/C15H17N3O2S/c1-10-9-21-15(18(10)13-6-7-20-8-13)17-12-4-2-11(3-5-12)14(16)19/h2-5,9,13H,6-8H2,1H3,(H2,16,19)/t13-/m1/s1. The molecule has 2 aromatic rings. The van der Waals surface area contributed by atoms with Crippen molar-refractivity contribution in [1.82, 2.24) is 4.57 Å². The summed E-state index contributed by atoms with van der Waals surface area (Å²) in [5.41, 5.74) is 7.75. The van der Waals surface area contributed by atoms with Crippen LogP contribution in [0.4, 0.5) is 5.69 Å². The van der Waals surface area contributed by atoms with Gasteiger partial charge in [0.05, 0.1) is 18.3 Å². The van der Waals surface area contributed by atoms with Crippen LogP contribution < -0.4 is 10.5 Å². The Morgan fingerprint density at radius 2 is 2.19 bits per heavy atom. The van der Waals surface area contributed by atoms with E-state index in [2.05, 4.69) is 21.9 Å². The van der Waals surface area contributed by atoms with Crippen molar-refractivity contribution in [3.8, 4) is 0 Å². The summed E-state index contributed by atoms with van der Waals surface area (Å²) in [5.74, 6) is -0.424. The van der Waals surface area contributed by atoms with Crippen LogP contribution in [0.15, 0.2) is 34.6 Å². The summed E-state index contributed by atoms with van der Waals surface area (Å²) in [6.45, 7) is 3.63. The molecule has 2 heterocycles. The quantitative estimate of drug-likeness (QED) is 0.944. The lowest BCUT2D eigenvalue weighted by Crippen LogP contribution is -2.22. The van der Waals surface area contributed by atoms with Crippen LogP contribution in [0.3, 0.4) is 0 Å². The van der Waals surface area contributed by atoms with Crippen LogP contribution in [0.1, 0.15) is 28.5 Å². The van der Waals surface area contributed by atoms with Gasteiger partial charge in [0, 0.05) is 23.2 Å². The number of benzene rings is 1. The highest BCUT2D eigenvalue weighted by molar-refractivity contribution is 7.07. The number of carbonyl (C=O) groups excluding carboxylic acids is 1. The molecule has 3 rings (SSSR count). The third-order valence-electron chi connectivity index (χ3n) is 3.57. The number of nitrogens with zero attached hydrogens (tertiary/aromatic N) is 2. The maximum absolute atomic E-state index is 11.1. The van der Waals surface area contributed by atoms with E-state index >= 15 is 0 Å². The molecule has 0 saturated carbocycles. The topological polar surface area (TPSA) is 69.6 Å². The van der Waals surface area contributed by atoms with Crippen molar-refractivity contribution in [3.05, 3.63) is 45.7 Å². The summed E-state index contributed by atoms with van der Waals surface area (Å²) in [5, 5.41) is 2.11. The SMILES string of the molecule is Cc1csc(=Nc2ccc(C(N)=O)cc2)n1[C@@H]1CCOC1. The van der Waals surface area contributed by atoms with Gasteiger partial charge in [-0.2, -0.15) is 0 Å². The van der Waals surface area contributed by atoms with Crippen molar-refractivity contribution in [1.29, 1.82) is 0 Å². The minimum atomic E-state index is -0.424. The van der Waals surface area contributed by atoms with Gasteiger partial charge in [0.15, 0.2) is 4.80 Å². The molecule has 1 saturated heterocycles. The van der Waals surface area contributed by atoms with Crippen molar-refractivity contribution >= 4 is 22.9 Å². The smallest absolute Gasteiger partial charge is 0.248 e. The molecule has 1 aliphatic rings. The van der Waals surface area contributed by atoms with Crippen molar-refractivity contribution in [2.75, 3.05) is 13.2 Å². The molecular weight excluding hydrogens is 286 g/mol. The van der Waals surface area contributed by atoms with Gasteiger partial charge in [0.1, 0.15) is 0 Å². The third-order valence-corrected chi connectivity index (χ3v) is 4.53. The van der Waals surface area contributed by atoms with Gasteiger partial charge < -0.3 is 15.0 Å². The zero-order chi connectivity index (χ0) is 14.8. The van der Waals surface area contributed by atoms with Crippen molar-refractivity contribution in [2.24, 2.45) is 10.7 Å². The number of aryl methyl sites for hydroxylation is 1. The maximum Gasteiger partial charge on any atom is 0.248 e. The molecule has 0 bridgehead atoms. The third kappa shape index (κ3) is 2.91. The molecule has 2 N–H and O–H groups in total. The van der Waals surface area contributed by atoms with Crippen LogP contribution in [-0.2, 0) is 4.74 Å². The molecule has 0 unspecified atom stereocenters. The van der Waals surface area contributed by atoms with Gasteiger partial charge >= 0.3 is 0 Å². The van der Waals surface area contributed by atoms with Gasteiger partial charge in [-0.05, 0) is 37.6 Å². The monoisotopic (exact) mass is 303 g/mol. The molecule has 1 aliphatic heterocycles. The molecular formula is C15H17N3O2S. The average molecular weight is 303 g/mol. The van der Waals surface area contributed by atoms with Crippen LogP contribution in [0, 0.1) is 6.92 Å². The van der Waals surface area contributed by atoms with Gasteiger partial charge in [-0.15, -0.1) is 11.3 Å². The van der Waals surface area contributed by atoms with E-state index in [9.17, 15) is 4.79 Å². The minimum Gasteiger partial charge on any atom is -0.379 e. The highest BCUT2D eigenvalue weighted by atomic mass is 32.1. The summed E-state index contributed by atoms with van der Waals surface area (Å²) in [6.07, 6.45) is 1.02. The van der Waals surface area contributed by atoms with E-state index in [4.69, 9.17) is 10.5 Å². The predicted octanol–water partition coefficient (Wildman–Crippen LogP) is 2.15. The number of aromatic nitrogens is 1. The second-order valence-corrected chi connectivity index (χ2v) is 5.91. The summed E-state index contributed by atoms with van der Waals surface area (Å²) in [6, 6.07) is 7.38. The van der Waals surface area contributed by atoms with Crippen LogP contribution in [0.5, 0.6) is 0 Å². The largest absolute Gasteiger partial charge is 0.379 e. The molecule has 0 aliphatic carbocycles. The normalized spacial score (nSPS) is 19.1. The Morgan fingerprint density at radius 1 is 1.43 bits per heavy atom. The molecule has 0 radical (unpaired) electrons. The fourth-order valence-corrected chi connectivity index (χ4v) is 3.42. The first-order valence-electron chi connectivity index (χ1n) is 6.84. The number of hydrogen-bond donors (Lipinski definition) is 1. The Balaban J connectivity index is 1.97. The van der Waals surface area contributed by atoms with E-state index in [0.717, 1.165) is 30.1 Å². The summed E-state index contributed by atoms with van der Waals surface area (Å²) in [7, 11) is 0. The number of hydrogen-bond acceptors (Lipinski definition) is 4. The molecule has 1 aromatic carbocycles. The molecule has 0 spiro atoms. The number of rotatable bonds is 3. The van der Waals surface area contributed by atoms with Crippen LogP contribution in [0.2, 0.25) is 0 Å². The van der Waals surface area contributed by atoms with Crippen molar-refractivity contribution in [3.63, 3.8) is 0 Å². The van der Waals surface area contributed by atoms with E-state index in [-0.39, 0.29) is 0 Å². The van der Waals surface area contributed by atoms with Gasteiger partial charge in [0.25, 0.3) is 0 Å². The van der Waals surface area contributed by atoms with E-state index in [0.29, 0.717) is 11.6 Å². The first-order chi connectivity index (χ1) is 10.1. The van der Waals surface area contributed by atoms with Gasteiger partial charge in [-0.25, -0.2) is 4.99 Å². The lowest BCUT2D eigenvalue weighted by Gasteiger charge is -2.12. The number of thiazole rings is 1. The Labute approximate surface area is 126 Å². The average Bonchev–Trinajstić information content (AvgIpc) is 3.09. The lowest BCUT2D eigenvalue weighted by molar-refractivity contribution is 0.100. The van der Waals surface area contributed by atoms with E-state index < -0.39 is 5.91 Å². The fourth-order valence-electron chi connectivity index (χ4n) is 2.46.